The molecule has 2 aliphatic rings. The van der Waals surface area contributed by atoms with Gasteiger partial charge >= 0.3 is 0 Å². The molecule has 0 aliphatic carbocycles. The average Bonchev–Trinajstić information content (AvgIpc) is 3.63. The van der Waals surface area contributed by atoms with Gasteiger partial charge in [0, 0.05) is 61.2 Å². The van der Waals surface area contributed by atoms with Crippen molar-refractivity contribution in [1.29, 1.82) is 0 Å². The number of rotatable bonds is 7. The number of piperazine rings is 1. The molecule has 0 spiro atoms. The molecule has 0 bridgehead atoms. The van der Waals surface area contributed by atoms with Crippen molar-refractivity contribution in [3.8, 4) is 17.2 Å². The van der Waals surface area contributed by atoms with Crippen molar-refractivity contribution < 1.29 is 19.0 Å². The van der Waals surface area contributed by atoms with E-state index < -0.39 is 0 Å². The number of nitrogens with one attached hydrogen (secondary N) is 1. The highest BCUT2D eigenvalue weighted by Crippen LogP contribution is 2.44. The lowest BCUT2D eigenvalue weighted by Crippen LogP contribution is -2.49. The van der Waals surface area contributed by atoms with Crippen LogP contribution in [0, 0.1) is 0 Å². The van der Waals surface area contributed by atoms with Crippen LogP contribution in [-0.4, -0.2) is 55.9 Å². The van der Waals surface area contributed by atoms with E-state index in [0.717, 1.165) is 64.5 Å². The fourth-order valence-electron chi connectivity index (χ4n) is 5.83. The van der Waals surface area contributed by atoms with Gasteiger partial charge in [-0.25, -0.2) is 0 Å². The minimum atomic E-state index is -0.160. The van der Waals surface area contributed by atoms with Crippen LogP contribution in [0.2, 0.25) is 0 Å². The molecule has 1 N–H and O–H groups in total. The van der Waals surface area contributed by atoms with Crippen LogP contribution >= 0.6 is 0 Å². The third kappa shape index (κ3) is 4.32. The lowest BCUT2D eigenvalue weighted by Gasteiger charge is -2.37. The van der Waals surface area contributed by atoms with E-state index in [1.54, 1.807) is 7.11 Å². The van der Waals surface area contributed by atoms with Crippen LogP contribution in [0.1, 0.15) is 36.0 Å². The Hall–Kier alpha value is -4.13. The largest absolute Gasteiger partial charge is 0.495 e. The maximum atomic E-state index is 13.8. The predicted octanol–water partition coefficient (Wildman–Crippen LogP) is 5.34. The van der Waals surface area contributed by atoms with Gasteiger partial charge in [0.2, 0.25) is 12.7 Å². The highest BCUT2D eigenvalue weighted by Gasteiger charge is 2.31. The number of methoxy groups -OCH3 is 1. The van der Waals surface area contributed by atoms with Crippen molar-refractivity contribution in [3.05, 3.63) is 83.6 Å². The Labute approximate surface area is 222 Å². The number of aromatic amines is 1. The van der Waals surface area contributed by atoms with Crippen LogP contribution in [0.15, 0.2) is 66.9 Å². The summed E-state index contributed by atoms with van der Waals surface area (Å²) < 4.78 is 17.1. The van der Waals surface area contributed by atoms with Crippen molar-refractivity contribution >= 4 is 22.5 Å². The van der Waals surface area contributed by atoms with E-state index >= 15 is 0 Å². The number of aryl methyl sites for hydroxylation is 1. The minimum absolute atomic E-state index is 0.146. The van der Waals surface area contributed by atoms with Gasteiger partial charge in [0.25, 0.3) is 0 Å². The maximum Gasteiger partial charge on any atom is 0.231 e. The van der Waals surface area contributed by atoms with Gasteiger partial charge in [0.15, 0.2) is 11.5 Å². The van der Waals surface area contributed by atoms with Gasteiger partial charge in [0.1, 0.15) is 5.75 Å². The van der Waals surface area contributed by atoms with E-state index in [4.69, 9.17) is 14.2 Å². The quantitative estimate of drug-likeness (QED) is 0.363. The topological polar surface area (TPSA) is 67.0 Å². The van der Waals surface area contributed by atoms with Crippen molar-refractivity contribution in [3.63, 3.8) is 0 Å². The van der Waals surface area contributed by atoms with E-state index in [0.29, 0.717) is 19.5 Å². The van der Waals surface area contributed by atoms with Gasteiger partial charge in [-0.15, -0.1) is 0 Å². The summed E-state index contributed by atoms with van der Waals surface area (Å²) in [5, 5.41) is 1.15. The number of hydrogen-bond donors (Lipinski definition) is 1. The van der Waals surface area contributed by atoms with Crippen molar-refractivity contribution in [2.24, 2.45) is 0 Å². The first kappa shape index (κ1) is 24.2. The number of carbonyl (C=O) groups excluding carboxylic acids is 1. The summed E-state index contributed by atoms with van der Waals surface area (Å²) >= 11 is 0. The fraction of sp³-hybridized carbons (Fsp3) is 0.323. The summed E-state index contributed by atoms with van der Waals surface area (Å²) in [7, 11) is 1.70. The van der Waals surface area contributed by atoms with Gasteiger partial charge in [0.05, 0.1) is 12.8 Å². The van der Waals surface area contributed by atoms with Gasteiger partial charge in [-0.2, -0.15) is 0 Å². The summed E-state index contributed by atoms with van der Waals surface area (Å²) in [6.45, 7) is 5.23. The molecule has 7 heteroatoms. The molecule has 3 heterocycles. The highest BCUT2D eigenvalue weighted by molar-refractivity contribution is 5.88. The number of aromatic nitrogens is 1. The molecule has 2 aliphatic heterocycles. The minimum Gasteiger partial charge on any atom is -0.495 e. The Morgan fingerprint density at radius 2 is 1.79 bits per heavy atom. The molecule has 4 aromatic rings. The summed E-state index contributed by atoms with van der Waals surface area (Å²) in [4.78, 5) is 21.6. The van der Waals surface area contributed by atoms with Gasteiger partial charge in [-0.3, -0.25) is 4.79 Å². The van der Waals surface area contributed by atoms with E-state index in [1.165, 1.54) is 5.56 Å². The number of ether oxygens (including phenoxy) is 3. The third-order valence-electron chi connectivity index (χ3n) is 7.83. The molecule has 6 rings (SSSR count). The first-order chi connectivity index (χ1) is 18.7. The summed E-state index contributed by atoms with van der Waals surface area (Å²) in [6.07, 6.45) is 3.36. The molecule has 0 radical (unpaired) electrons. The first-order valence-electron chi connectivity index (χ1n) is 13.3. The third-order valence-corrected chi connectivity index (χ3v) is 7.83. The summed E-state index contributed by atoms with van der Waals surface area (Å²) in [6, 6.07) is 20.4. The molecular weight excluding hydrogens is 478 g/mol. The average molecular weight is 512 g/mol. The predicted molar refractivity (Wildman–Crippen MR) is 148 cm³/mol. The Balaban J connectivity index is 1.28. The molecule has 0 saturated carbocycles. The molecule has 38 heavy (non-hydrogen) atoms. The molecule has 7 nitrogen and oxygen atoms in total. The molecule has 1 saturated heterocycles. The molecule has 1 aromatic heterocycles. The fourth-order valence-corrected chi connectivity index (χ4v) is 5.83. The number of nitrogens with zero attached hydrogens (tertiary/aromatic N) is 2. The number of amides is 1. The number of fused-ring (bicyclic) bond motifs is 2. The Kier molecular flexibility index (Phi) is 6.58. The monoisotopic (exact) mass is 511 g/mol. The highest BCUT2D eigenvalue weighted by atomic mass is 16.7. The van der Waals surface area contributed by atoms with Crippen LogP contribution in [0.4, 0.5) is 5.69 Å². The van der Waals surface area contributed by atoms with Crippen LogP contribution < -0.4 is 19.1 Å². The molecule has 3 aromatic carbocycles. The molecule has 196 valence electrons. The van der Waals surface area contributed by atoms with E-state index in [-0.39, 0.29) is 18.6 Å². The number of hydrogen-bond acceptors (Lipinski definition) is 5. The lowest BCUT2D eigenvalue weighted by atomic mass is 9.86. The first-order valence-corrected chi connectivity index (χ1v) is 13.3. The summed E-state index contributed by atoms with van der Waals surface area (Å²) in [5.74, 6) is 2.32. The standard InChI is InChI=1S/C31H33N3O4/c1-3-21-8-6-9-22-25(19-32-30(21)22)24(23-10-7-13-28-31(23)38-20-37-28)18-29(35)34-16-14-33(15-17-34)26-11-4-5-12-27(26)36-2/h4-13,19,24,32H,3,14-18,20H2,1-2H3/t24-/m1/s1. The normalized spacial score (nSPS) is 15.6. The summed E-state index contributed by atoms with van der Waals surface area (Å²) in [5.41, 5.74) is 5.58. The van der Waals surface area contributed by atoms with E-state index in [9.17, 15) is 4.79 Å². The zero-order chi connectivity index (χ0) is 26.1. The van der Waals surface area contributed by atoms with Gasteiger partial charge in [-0.05, 0) is 35.7 Å². The number of carbonyl (C=O) groups is 1. The number of benzene rings is 3. The molecule has 1 fully saturated rings. The molecule has 1 atom stereocenters. The lowest BCUT2D eigenvalue weighted by molar-refractivity contribution is -0.131. The van der Waals surface area contributed by atoms with Crippen molar-refractivity contribution in [2.45, 2.75) is 25.7 Å². The van der Waals surface area contributed by atoms with Crippen LogP contribution in [0.25, 0.3) is 10.9 Å². The Bertz CT molecular complexity index is 1450. The second kappa shape index (κ2) is 10.3. The van der Waals surface area contributed by atoms with E-state index in [2.05, 4.69) is 53.3 Å². The van der Waals surface area contributed by atoms with E-state index in [1.807, 2.05) is 35.2 Å². The maximum absolute atomic E-state index is 13.8. The van der Waals surface area contributed by atoms with Crippen LogP contribution in [0.3, 0.4) is 0 Å². The SMILES string of the molecule is CCc1cccc2c([C@H](CC(=O)N3CCN(c4ccccc4OC)CC3)c3cccc4c3OCO4)c[nH]c12. The number of para-hydroxylation sites is 4. The zero-order valence-corrected chi connectivity index (χ0v) is 21.9. The van der Waals surface area contributed by atoms with Gasteiger partial charge in [-0.1, -0.05) is 49.4 Å². The number of anilines is 1. The van der Waals surface area contributed by atoms with Crippen molar-refractivity contribution in [1.82, 2.24) is 9.88 Å². The smallest absolute Gasteiger partial charge is 0.231 e. The van der Waals surface area contributed by atoms with Crippen molar-refractivity contribution in [2.75, 3.05) is 45.0 Å². The zero-order valence-electron chi connectivity index (χ0n) is 21.9. The number of H-pyrrole nitrogens is 1. The Morgan fingerprint density at radius 1 is 0.974 bits per heavy atom. The van der Waals surface area contributed by atoms with Gasteiger partial charge < -0.3 is 29.0 Å². The van der Waals surface area contributed by atoms with Crippen LogP contribution in [0.5, 0.6) is 17.2 Å². The molecular formula is C31H33N3O4. The molecule has 1 amide bonds. The van der Waals surface area contributed by atoms with Crippen LogP contribution in [-0.2, 0) is 11.2 Å². The molecule has 0 unspecified atom stereocenters. The Morgan fingerprint density at radius 3 is 2.61 bits per heavy atom. The second-order valence-electron chi connectivity index (χ2n) is 9.81. The second-order valence-corrected chi connectivity index (χ2v) is 9.81.